The highest BCUT2D eigenvalue weighted by Gasteiger charge is 2.36. The maximum absolute atomic E-state index is 13.0. The summed E-state index contributed by atoms with van der Waals surface area (Å²) in [5.41, 5.74) is 1.89. The van der Waals surface area contributed by atoms with Crippen molar-refractivity contribution in [1.82, 2.24) is 4.90 Å². The zero-order valence-corrected chi connectivity index (χ0v) is 23.5. The summed E-state index contributed by atoms with van der Waals surface area (Å²) in [6.45, 7) is 3.65. The number of methoxy groups -OCH3 is 1. The number of halogens is 1. The lowest BCUT2D eigenvalue weighted by atomic mass is 10.1. The van der Waals surface area contributed by atoms with Crippen molar-refractivity contribution >= 4 is 63.8 Å². The van der Waals surface area contributed by atoms with Gasteiger partial charge in [-0.05, 0) is 54.6 Å². The van der Waals surface area contributed by atoms with Crippen molar-refractivity contribution in [2.75, 3.05) is 63.4 Å². The Hall–Kier alpha value is -3.74. The highest BCUT2D eigenvalue weighted by Crippen LogP contribution is 2.39. The number of esters is 1. The van der Waals surface area contributed by atoms with Crippen LogP contribution in [0, 0.1) is 0 Å². The molecule has 2 aliphatic rings. The molecule has 2 saturated heterocycles. The van der Waals surface area contributed by atoms with Crippen LogP contribution < -0.4 is 19.7 Å². The van der Waals surface area contributed by atoms with Crippen molar-refractivity contribution in [3.63, 3.8) is 0 Å². The maximum atomic E-state index is 13.0. The van der Waals surface area contributed by atoms with E-state index < -0.39 is 29.6 Å². The Bertz CT molecular complexity index is 1330. The quantitative estimate of drug-likeness (QED) is 0.323. The smallest absolute Gasteiger partial charge is 0.344 e. The van der Waals surface area contributed by atoms with Crippen molar-refractivity contribution in [1.29, 1.82) is 0 Å². The number of carbonyl (C=O) groups is 4. The van der Waals surface area contributed by atoms with Gasteiger partial charge in [0.1, 0.15) is 6.54 Å². The second-order valence-corrected chi connectivity index (χ2v) is 9.96. The summed E-state index contributed by atoms with van der Waals surface area (Å²) >= 11 is 7.06. The van der Waals surface area contributed by atoms with E-state index >= 15 is 0 Å². The van der Waals surface area contributed by atoms with Crippen LogP contribution in [-0.4, -0.2) is 81.1 Å². The lowest BCUT2D eigenvalue weighted by molar-refractivity contribution is -0.145. The number of ether oxygens (including phenoxy) is 4. The van der Waals surface area contributed by atoms with Crippen LogP contribution in [0.4, 0.5) is 16.2 Å². The number of hydrogen-bond acceptors (Lipinski definition) is 10. The Morgan fingerprint density at radius 1 is 1.18 bits per heavy atom. The first-order valence-corrected chi connectivity index (χ1v) is 13.6. The average Bonchev–Trinajstić information content (AvgIpc) is 3.20. The fourth-order valence-electron chi connectivity index (χ4n) is 4.08. The van der Waals surface area contributed by atoms with Crippen LogP contribution in [0.5, 0.6) is 11.5 Å². The topological polar surface area (TPSA) is 124 Å². The van der Waals surface area contributed by atoms with Crippen molar-refractivity contribution in [3.8, 4) is 11.5 Å². The van der Waals surface area contributed by atoms with E-state index in [-0.39, 0.29) is 34.6 Å². The Labute approximate surface area is 240 Å². The van der Waals surface area contributed by atoms with E-state index in [9.17, 15) is 19.2 Å². The number of para-hydroxylation sites is 2. The SMILES string of the molecule is CCOC(=O)COc1c(Cl)cc(/C=C2\SC(=O)N(CC(=O)Nc3ccccc3N3CCOCC3)C2=O)cc1OC. The van der Waals surface area contributed by atoms with Crippen molar-refractivity contribution < 1.29 is 38.1 Å². The molecule has 0 spiro atoms. The summed E-state index contributed by atoms with van der Waals surface area (Å²) in [6, 6.07) is 10.4. The van der Waals surface area contributed by atoms with Crippen LogP contribution in [0.25, 0.3) is 6.08 Å². The summed E-state index contributed by atoms with van der Waals surface area (Å²) < 4.78 is 21.0. The number of nitrogens with zero attached hydrogens (tertiary/aromatic N) is 2. The van der Waals surface area contributed by atoms with Gasteiger partial charge in [-0.2, -0.15) is 0 Å². The number of carbonyl (C=O) groups excluding carboxylic acids is 4. The number of morpholine rings is 1. The van der Waals surface area contributed by atoms with Gasteiger partial charge in [-0.1, -0.05) is 23.7 Å². The molecule has 3 amide bonds. The van der Waals surface area contributed by atoms with Gasteiger partial charge in [0, 0.05) is 13.1 Å². The van der Waals surface area contributed by atoms with E-state index in [4.69, 9.17) is 30.5 Å². The molecule has 0 unspecified atom stereocenters. The van der Waals surface area contributed by atoms with Gasteiger partial charge in [0.25, 0.3) is 11.1 Å². The second-order valence-electron chi connectivity index (χ2n) is 8.56. The normalized spacial score (nSPS) is 16.3. The molecule has 2 heterocycles. The van der Waals surface area contributed by atoms with E-state index in [1.54, 1.807) is 25.1 Å². The van der Waals surface area contributed by atoms with Crippen LogP contribution in [0.2, 0.25) is 5.02 Å². The zero-order valence-electron chi connectivity index (χ0n) is 21.9. The molecule has 212 valence electrons. The van der Waals surface area contributed by atoms with Gasteiger partial charge in [-0.15, -0.1) is 0 Å². The van der Waals surface area contributed by atoms with Gasteiger partial charge in [-0.3, -0.25) is 19.3 Å². The van der Waals surface area contributed by atoms with Gasteiger partial charge in [-0.25, -0.2) is 4.79 Å². The van der Waals surface area contributed by atoms with Crippen LogP contribution in [0.1, 0.15) is 12.5 Å². The van der Waals surface area contributed by atoms with Crippen LogP contribution in [0.3, 0.4) is 0 Å². The Kier molecular flexibility index (Phi) is 9.91. The third-order valence-electron chi connectivity index (χ3n) is 5.89. The molecule has 0 aliphatic carbocycles. The first-order chi connectivity index (χ1) is 19.3. The molecule has 2 aromatic rings. The van der Waals surface area contributed by atoms with Crippen LogP contribution in [-0.2, 0) is 23.9 Å². The monoisotopic (exact) mass is 589 g/mol. The van der Waals surface area contributed by atoms with E-state index in [0.717, 1.165) is 10.6 Å². The van der Waals surface area contributed by atoms with Gasteiger partial charge in [0.2, 0.25) is 5.91 Å². The fourth-order valence-corrected chi connectivity index (χ4v) is 5.19. The molecule has 2 fully saturated rings. The number of amides is 3. The number of imide groups is 1. The molecule has 2 aliphatic heterocycles. The van der Waals surface area contributed by atoms with Gasteiger partial charge in [0.05, 0.1) is 48.2 Å². The Balaban J connectivity index is 1.44. The number of anilines is 2. The molecule has 13 heteroatoms. The summed E-state index contributed by atoms with van der Waals surface area (Å²) in [7, 11) is 1.40. The third kappa shape index (κ3) is 7.06. The molecular weight excluding hydrogens is 562 g/mol. The highest BCUT2D eigenvalue weighted by atomic mass is 35.5. The zero-order chi connectivity index (χ0) is 28.6. The molecule has 4 rings (SSSR count). The lowest BCUT2D eigenvalue weighted by Gasteiger charge is -2.30. The van der Waals surface area contributed by atoms with E-state index in [0.29, 0.717) is 49.3 Å². The first-order valence-electron chi connectivity index (χ1n) is 12.4. The number of thioether (sulfide) groups is 1. The molecule has 0 aromatic heterocycles. The predicted octanol–water partition coefficient (Wildman–Crippen LogP) is 3.80. The minimum Gasteiger partial charge on any atom is -0.493 e. The first kappa shape index (κ1) is 29.2. The second kappa shape index (κ2) is 13.6. The van der Waals surface area contributed by atoms with E-state index in [1.807, 2.05) is 12.1 Å². The average molecular weight is 590 g/mol. The van der Waals surface area contributed by atoms with Crippen molar-refractivity contribution in [2.24, 2.45) is 0 Å². The molecule has 0 radical (unpaired) electrons. The Morgan fingerprint density at radius 3 is 2.65 bits per heavy atom. The van der Waals surface area contributed by atoms with Gasteiger partial charge >= 0.3 is 5.97 Å². The largest absolute Gasteiger partial charge is 0.493 e. The molecule has 1 N–H and O–H groups in total. The molecule has 0 atom stereocenters. The molecular formula is C27H28ClN3O8S. The number of rotatable bonds is 10. The number of hydrogen-bond donors (Lipinski definition) is 1. The van der Waals surface area contributed by atoms with E-state index in [1.165, 1.54) is 19.3 Å². The number of nitrogens with one attached hydrogen (secondary N) is 1. The summed E-state index contributed by atoms with van der Waals surface area (Å²) in [6.07, 6.45) is 1.47. The predicted molar refractivity (Wildman–Crippen MR) is 151 cm³/mol. The Morgan fingerprint density at radius 2 is 1.93 bits per heavy atom. The maximum Gasteiger partial charge on any atom is 0.344 e. The molecule has 0 saturated carbocycles. The van der Waals surface area contributed by atoms with Gasteiger partial charge < -0.3 is 29.2 Å². The summed E-state index contributed by atoms with van der Waals surface area (Å²) in [5, 5.41) is 2.38. The van der Waals surface area contributed by atoms with Crippen LogP contribution >= 0.6 is 23.4 Å². The van der Waals surface area contributed by atoms with Crippen molar-refractivity contribution in [2.45, 2.75) is 6.92 Å². The minimum atomic E-state index is -0.607. The molecule has 0 bridgehead atoms. The molecule has 40 heavy (non-hydrogen) atoms. The van der Waals surface area contributed by atoms with Gasteiger partial charge in [0.15, 0.2) is 18.1 Å². The summed E-state index contributed by atoms with van der Waals surface area (Å²) in [5.74, 6) is -1.31. The van der Waals surface area contributed by atoms with E-state index in [2.05, 4.69) is 10.2 Å². The molecule has 2 aromatic carbocycles. The molecule has 11 nitrogen and oxygen atoms in total. The number of benzene rings is 2. The fraction of sp³-hybridized carbons (Fsp3) is 0.333. The van der Waals surface area contributed by atoms with Crippen LogP contribution in [0.15, 0.2) is 41.3 Å². The lowest BCUT2D eigenvalue weighted by Crippen LogP contribution is -2.38. The van der Waals surface area contributed by atoms with Crippen molar-refractivity contribution in [3.05, 3.63) is 51.9 Å². The standard InChI is InChI=1S/C27H28ClN3O8S/c1-3-38-24(33)16-39-25-18(28)12-17(13-21(25)36-2)14-22-26(34)31(27(35)40-22)15-23(32)29-19-6-4-5-7-20(19)30-8-10-37-11-9-30/h4-7,12-14H,3,8-11,15-16H2,1-2H3,(H,29,32)/b22-14-. The minimum absolute atomic E-state index is 0.116. The third-order valence-corrected chi connectivity index (χ3v) is 7.08. The summed E-state index contributed by atoms with van der Waals surface area (Å²) in [4.78, 5) is 53.3. The highest BCUT2D eigenvalue weighted by molar-refractivity contribution is 8.18.